The molecule has 0 heterocycles. The fraction of sp³-hybridized carbons (Fsp3) is 0.792. The van der Waals surface area contributed by atoms with Crippen molar-refractivity contribution in [3.63, 3.8) is 0 Å². The summed E-state index contributed by atoms with van der Waals surface area (Å²) in [6.45, 7) is 9.87. The largest absolute Gasteiger partial charge is 0.451 e. The summed E-state index contributed by atoms with van der Waals surface area (Å²) in [7, 11) is 0. The van der Waals surface area contributed by atoms with Gasteiger partial charge in [-0.25, -0.2) is 0 Å². The fourth-order valence-electron chi connectivity index (χ4n) is 8.05. The Morgan fingerprint density at radius 1 is 1.07 bits per heavy atom. The van der Waals surface area contributed by atoms with Crippen LogP contribution in [0.5, 0.6) is 0 Å². The van der Waals surface area contributed by atoms with Crippen LogP contribution in [0.25, 0.3) is 0 Å². The topological polar surface area (TPSA) is 60.4 Å². The van der Waals surface area contributed by atoms with Gasteiger partial charge in [-0.2, -0.15) is 0 Å². The molecular formula is C24H34O4. The quantitative estimate of drug-likeness (QED) is 0.648. The zero-order valence-corrected chi connectivity index (χ0v) is 18.0. The first-order valence-corrected chi connectivity index (χ1v) is 11.0. The molecule has 0 saturated heterocycles. The highest BCUT2D eigenvalue weighted by Gasteiger charge is 2.68. The maximum absolute atomic E-state index is 12.8. The third-order valence-corrected chi connectivity index (χ3v) is 9.29. The SMILES string of the molecule is CC(=O)O[C@]1(C(C)=O)CC[C@@H]2[C@H]3C[C@@H](C)C4=CC(=O)CC[C@]4(C)[C@H]3CC[C@@]21C. The lowest BCUT2D eigenvalue weighted by atomic mass is 9.44. The van der Waals surface area contributed by atoms with Crippen molar-refractivity contribution in [3.8, 4) is 0 Å². The zero-order chi connectivity index (χ0) is 20.5. The summed E-state index contributed by atoms with van der Waals surface area (Å²) in [6.07, 6.45) is 8.19. The van der Waals surface area contributed by atoms with Crippen LogP contribution in [-0.2, 0) is 19.1 Å². The molecule has 4 nitrogen and oxygen atoms in total. The Bertz CT molecular complexity index is 767. The molecule has 0 aromatic rings. The molecule has 0 N–H and O–H groups in total. The molecule has 3 fully saturated rings. The summed E-state index contributed by atoms with van der Waals surface area (Å²) in [4.78, 5) is 36.8. The van der Waals surface area contributed by atoms with Gasteiger partial charge in [-0.3, -0.25) is 14.4 Å². The monoisotopic (exact) mass is 386 g/mol. The summed E-state index contributed by atoms with van der Waals surface area (Å²) < 4.78 is 5.84. The number of rotatable bonds is 2. The van der Waals surface area contributed by atoms with Crippen LogP contribution in [0.15, 0.2) is 11.6 Å². The van der Waals surface area contributed by atoms with E-state index in [0.29, 0.717) is 36.5 Å². The fourth-order valence-corrected chi connectivity index (χ4v) is 8.05. The van der Waals surface area contributed by atoms with E-state index in [1.165, 1.54) is 12.5 Å². The van der Waals surface area contributed by atoms with Crippen LogP contribution in [0.2, 0.25) is 0 Å². The second-order valence-corrected chi connectivity index (χ2v) is 10.5. The molecule has 4 aliphatic carbocycles. The number of ether oxygens (including phenoxy) is 1. The Kier molecular flexibility index (Phi) is 4.45. The normalized spacial score (nSPS) is 47.5. The van der Waals surface area contributed by atoms with E-state index in [1.54, 1.807) is 6.92 Å². The highest BCUT2D eigenvalue weighted by Crippen LogP contribution is 2.69. The van der Waals surface area contributed by atoms with E-state index in [2.05, 4.69) is 20.8 Å². The van der Waals surface area contributed by atoms with Crippen molar-refractivity contribution in [1.29, 1.82) is 0 Å². The van der Waals surface area contributed by atoms with Crippen molar-refractivity contribution in [1.82, 2.24) is 0 Å². The van der Waals surface area contributed by atoms with Gasteiger partial charge in [0.1, 0.15) is 0 Å². The number of hydrogen-bond acceptors (Lipinski definition) is 4. The average molecular weight is 387 g/mol. The van der Waals surface area contributed by atoms with Crippen molar-refractivity contribution in [2.75, 3.05) is 0 Å². The molecule has 4 aliphatic rings. The predicted octanol–water partition coefficient (Wildman–Crippen LogP) is 4.66. The highest BCUT2D eigenvalue weighted by molar-refractivity contribution is 5.92. The summed E-state index contributed by atoms with van der Waals surface area (Å²) in [5.74, 6) is 1.82. The molecule has 0 amide bonds. The first-order chi connectivity index (χ1) is 13.0. The van der Waals surface area contributed by atoms with Crippen LogP contribution in [0.3, 0.4) is 0 Å². The summed E-state index contributed by atoms with van der Waals surface area (Å²) in [5.41, 5.74) is 0.218. The molecule has 3 saturated carbocycles. The number of esters is 1. The van der Waals surface area contributed by atoms with Gasteiger partial charge in [-0.15, -0.1) is 0 Å². The van der Waals surface area contributed by atoms with E-state index >= 15 is 0 Å². The lowest BCUT2D eigenvalue weighted by Gasteiger charge is -2.60. The number of carbonyl (C=O) groups is 3. The Balaban J connectivity index is 1.73. The van der Waals surface area contributed by atoms with Crippen molar-refractivity contribution >= 4 is 17.5 Å². The van der Waals surface area contributed by atoms with Crippen LogP contribution in [0.1, 0.15) is 79.6 Å². The summed E-state index contributed by atoms with van der Waals surface area (Å²) >= 11 is 0. The van der Waals surface area contributed by atoms with E-state index in [-0.39, 0.29) is 28.4 Å². The van der Waals surface area contributed by atoms with Gasteiger partial charge in [-0.1, -0.05) is 26.3 Å². The van der Waals surface area contributed by atoms with Gasteiger partial charge >= 0.3 is 5.97 Å². The maximum atomic E-state index is 12.8. The Morgan fingerprint density at radius 2 is 1.75 bits per heavy atom. The molecular weight excluding hydrogens is 352 g/mol. The van der Waals surface area contributed by atoms with Crippen LogP contribution in [0, 0.1) is 34.5 Å². The van der Waals surface area contributed by atoms with Gasteiger partial charge in [0.05, 0.1) is 0 Å². The van der Waals surface area contributed by atoms with Gasteiger partial charge in [0.25, 0.3) is 0 Å². The highest BCUT2D eigenvalue weighted by atomic mass is 16.6. The molecule has 0 aliphatic heterocycles. The second-order valence-electron chi connectivity index (χ2n) is 10.5. The first kappa shape index (κ1) is 19.8. The smallest absolute Gasteiger partial charge is 0.303 e. The molecule has 0 aromatic heterocycles. The number of hydrogen-bond donors (Lipinski definition) is 0. The van der Waals surface area contributed by atoms with Gasteiger partial charge in [0, 0.05) is 18.8 Å². The molecule has 0 unspecified atom stereocenters. The Hall–Kier alpha value is -1.45. The van der Waals surface area contributed by atoms with E-state index < -0.39 is 5.60 Å². The standard InChI is InChI=1S/C24H34O4/c1-14-12-18-19(22(4)9-6-17(27)13-21(14)22)7-10-23(5)20(18)8-11-24(23,15(2)25)28-16(3)26/h13-14,18-20H,6-12H2,1-5H3/t14-,18+,19+,20-,22-,23+,24+/m1/s1. The van der Waals surface area contributed by atoms with Crippen molar-refractivity contribution < 1.29 is 19.1 Å². The average Bonchev–Trinajstić information content (AvgIpc) is 2.90. The molecule has 154 valence electrons. The number of fused-ring (bicyclic) bond motifs is 5. The molecule has 28 heavy (non-hydrogen) atoms. The molecule has 0 radical (unpaired) electrons. The van der Waals surface area contributed by atoms with E-state index in [9.17, 15) is 14.4 Å². The number of allylic oxidation sites excluding steroid dienone is 1. The lowest BCUT2D eigenvalue weighted by molar-refractivity contribution is -0.187. The minimum Gasteiger partial charge on any atom is -0.451 e. The predicted molar refractivity (Wildman–Crippen MR) is 106 cm³/mol. The van der Waals surface area contributed by atoms with E-state index in [0.717, 1.165) is 32.1 Å². The van der Waals surface area contributed by atoms with Gasteiger partial charge in [0.2, 0.25) is 0 Å². The van der Waals surface area contributed by atoms with E-state index in [1.807, 2.05) is 6.08 Å². The molecule has 4 heteroatoms. The van der Waals surface area contributed by atoms with E-state index in [4.69, 9.17) is 4.74 Å². The number of carbonyl (C=O) groups excluding carboxylic acids is 3. The van der Waals surface area contributed by atoms with Crippen LogP contribution in [-0.4, -0.2) is 23.1 Å². The van der Waals surface area contributed by atoms with Gasteiger partial charge < -0.3 is 4.74 Å². The van der Waals surface area contributed by atoms with Crippen molar-refractivity contribution in [2.24, 2.45) is 34.5 Å². The molecule has 4 rings (SSSR count). The second kappa shape index (κ2) is 6.27. The molecule has 0 spiro atoms. The Labute approximate surface area is 168 Å². The van der Waals surface area contributed by atoms with Crippen LogP contribution in [0.4, 0.5) is 0 Å². The molecule has 0 bridgehead atoms. The third-order valence-electron chi connectivity index (χ3n) is 9.29. The summed E-state index contributed by atoms with van der Waals surface area (Å²) in [5, 5.41) is 0. The number of ketones is 2. The first-order valence-electron chi connectivity index (χ1n) is 11.0. The van der Waals surface area contributed by atoms with Crippen molar-refractivity contribution in [3.05, 3.63) is 11.6 Å². The number of Topliss-reactive ketones (excluding diaryl/α,β-unsaturated/α-hetero) is 1. The molecule has 0 aromatic carbocycles. The molecule has 7 atom stereocenters. The van der Waals surface area contributed by atoms with Crippen LogP contribution >= 0.6 is 0 Å². The summed E-state index contributed by atoms with van der Waals surface area (Å²) in [6, 6.07) is 0. The van der Waals surface area contributed by atoms with Gasteiger partial charge in [0.15, 0.2) is 17.2 Å². The lowest BCUT2D eigenvalue weighted by Crippen LogP contribution is -2.59. The van der Waals surface area contributed by atoms with Gasteiger partial charge in [-0.05, 0) is 80.6 Å². The van der Waals surface area contributed by atoms with Crippen LogP contribution < -0.4 is 0 Å². The minimum atomic E-state index is -0.961. The maximum Gasteiger partial charge on any atom is 0.303 e. The zero-order valence-electron chi connectivity index (χ0n) is 18.0. The third kappa shape index (κ3) is 2.45. The minimum absolute atomic E-state index is 0.00469. The van der Waals surface area contributed by atoms with Crippen molar-refractivity contribution in [2.45, 2.75) is 85.2 Å². The Morgan fingerprint density at radius 3 is 2.39 bits per heavy atom.